The number of aryl methyl sites for hydroxylation is 1. The van der Waals surface area contributed by atoms with Crippen LogP contribution in [0.2, 0.25) is 5.02 Å². The summed E-state index contributed by atoms with van der Waals surface area (Å²) in [5.74, 6) is 1.94. The number of nitrogens with one attached hydrogen (secondary N) is 1. The van der Waals surface area contributed by atoms with Crippen molar-refractivity contribution >= 4 is 28.9 Å². The summed E-state index contributed by atoms with van der Waals surface area (Å²) in [6.45, 7) is 1.93. The van der Waals surface area contributed by atoms with E-state index in [1.165, 1.54) is 0 Å². The third-order valence-electron chi connectivity index (χ3n) is 3.61. The number of aromatic nitrogens is 4. The molecule has 1 N–H and O–H groups in total. The third kappa shape index (κ3) is 2.70. The van der Waals surface area contributed by atoms with E-state index in [4.69, 9.17) is 11.6 Å². The van der Waals surface area contributed by atoms with Gasteiger partial charge in [-0.25, -0.2) is 4.98 Å². The van der Waals surface area contributed by atoms with Crippen LogP contribution in [0, 0.1) is 6.92 Å². The number of halogens is 1. The number of para-hydroxylation sites is 1. The van der Waals surface area contributed by atoms with Crippen molar-refractivity contribution in [2.75, 3.05) is 5.32 Å². The van der Waals surface area contributed by atoms with Crippen LogP contribution in [0.1, 0.15) is 5.69 Å². The number of nitrogens with zero attached hydrogens (tertiary/aromatic N) is 4. The van der Waals surface area contributed by atoms with E-state index >= 15 is 0 Å². The Bertz CT molecular complexity index is 1010. The molecule has 0 radical (unpaired) electrons. The van der Waals surface area contributed by atoms with Crippen LogP contribution in [0.5, 0.6) is 0 Å². The molecule has 0 unspecified atom stereocenters. The maximum atomic E-state index is 6.24. The molecule has 0 saturated heterocycles. The first-order valence-electron chi connectivity index (χ1n) is 7.52. The Hall–Kier alpha value is -2.92. The second-order valence-electron chi connectivity index (χ2n) is 5.40. The van der Waals surface area contributed by atoms with E-state index in [-0.39, 0.29) is 0 Å². The lowest BCUT2D eigenvalue weighted by atomic mass is 10.2. The Labute approximate surface area is 144 Å². The number of anilines is 2. The first kappa shape index (κ1) is 14.7. The van der Waals surface area contributed by atoms with E-state index in [1.807, 2.05) is 67.6 Å². The maximum Gasteiger partial charge on any atom is 0.254 e. The molecule has 2 aromatic heterocycles. The third-order valence-corrected chi connectivity index (χ3v) is 3.94. The molecular formula is C18H14ClN5. The van der Waals surface area contributed by atoms with Gasteiger partial charge in [0.15, 0.2) is 5.82 Å². The second kappa shape index (κ2) is 5.94. The zero-order valence-corrected chi connectivity index (χ0v) is 13.7. The van der Waals surface area contributed by atoms with Crippen LogP contribution >= 0.6 is 11.6 Å². The van der Waals surface area contributed by atoms with Gasteiger partial charge in [0.25, 0.3) is 5.78 Å². The zero-order chi connectivity index (χ0) is 16.5. The molecule has 0 aliphatic rings. The van der Waals surface area contributed by atoms with Crippen molar-refractivity contribution < 1.29 is 0 Å². The fourth-order valence-electron chi connectivity index (χ4n) is 2.49. The highest BCUT2D eigenvalue weighted by molar-refractivity contribution is 6.33. The highest BCUT2D eigenvalue weighted by Gasteiger charge is 2.12. The van der Waals surface area contributed by atoms with Gasteiger partial charge < -0.3 is 5.32 Å². The van der Waals surface area contributed by atoms with Crippen LogP contribution < -0.4 is 5.32 Å². The summed E-state index contributed by atoms with van der Waals surface area (Å²) in [7, 11) is 0. The van der Waals surface area contributed by atoms with Crippen LogP contribution in [0.15, 0.2) is 60.7 Å². The van der Waals surface area contributed by atoms with Gasteiger partial charge in [0, 0.05) is 17.3 Å². The summed E-state index contributed by atoms with van der Waals surface area (Å²) in [5.41, 5.74) is 2.61. The number of hydrogen-bond acceptors (Lipinski definition) is 4. The second-order valence-corrected chi connectivity index (χ2v) is 5.81. The monoisotopic (exact) mass is 335 g/mol. The molecule has 6 heteroatoms. The van der Waals surface area contributed by atoms with Crippen LogP contribution in [0.4, 0.5) is 11.5 Å². The minimum atomic E-state index is 0.545. The Kier molecular flexibility index (Phi) is 3.63. The normalized spacial score (nSPS) is 10.9. The molecule has 5 nitrogen and oxygen atoms in total. The first-order valence-corrected chi connectivity index (χ1v) is 7.90. The SMILES string of the molecule is Cc1cc(Nc2ccccc2Cl)n2nc(-c3ccccc3)nc2n1. The number of benzene rings is 2. The Morgan fingerprint density at radius 1 is 0.958 bits per heavy atom. The number of hydrogen-bond donors (Lipinski definition) is 1. The Morgan fingerprint density at radius 2 is 1.71 bits per heavy atom. The number of fused-ring (bicyclic) bond motifs is 1. The molecule has 4 aromatic rings. The summed E-state index contributed by atoms with van der Waals surface area (Å²) in [4.78, 5) is 9.00. The molecule has 0 fully saturated rings. The highest BCUT2D eigenvalue weighted by Crippen LogP contribution is 2.26. The van der Waals surface area contributed by atoms with Gasteiger partial charge in [0.05, 0.1) is 10.7 Å². The Morgan fingerprint density at radius 3 is 2.50 bits per heavy atom. The van der Waals surface area contributed by atoms with E-state index in [0.717, 1.165) is 22.8 Å². The average molecular weight is 336 g/mol. The van der Waals surface area contributed by atoms with Crippen molar-refractivity contribution in [3.05, 3.63) is 71.4 Å². The standard InChI is InChI=1S/C18H14ClN5/c1-12-11-16(21-15-10-6-5-9-14(15)19)24-18(20-12)22-17(23-24)13-7-3-2-4-8-13/h2-11,21H,1H3. The van der Waals surface area contributed by atoms with Gasteiger partial charge in [0.1, 0.15) is 5.82 Å². The topological polar surface area (TPSA) is 55.1 Å². The van der Waals surface area contributed by atoms with Crippen molar-refractivity contribution in [2.45, 2.75) is 6.92 Å². The molecule has 24 heavy (non-hydrogen) atoms. The van der Waals surface area contributed by atoms with Gasteiger partial charge in [-0.1, -0.05) is 54.1 Å². The van der Waals surface area contributed by atoms with Gasteiger partial charge in [-0.05, 0) is 19.1 Å². The molecule has 0 bridgehead atoms. The summed E-state index contributed by atoms with van der Waals surface area (Å²) in [5, 5.41) is 8.54. The number of rotatable bonds is 3. The van der Waals surface area contributed by atoms with E-state index in [0.29, 0.717) is 16.6 Å². The first-order chi connectivity index (χ1) is 11.7. The van der Waals surface area contributed by atoms with E-state index in [1.54, 1.807) is 4.52 Å². The molecule has 0 aliphatic heterocycles. The predicted octanol–water partition coefficient (Wildman–Crippen LogP) is 4.50. The van der Waals surface area contributed by atoms with Crippen molar-refractivity contribution in [2.24, 2.45) is 0 Å². The lowest BCUT2D eigenvalue weighted by Crippen LogP contribution is -2.03. The molecule has 2 aromatic carbocycles. The van der Waals surface area contributed by atoms with E-state index < -0.39 is 0 Å². The molecule has 0 saturated carbocycles. The van der Waals surface area contributed by atoms with Gasteiger partial charge in [0.2, 0.25) is 0 Å². The minimum Gasteiger partial charge on any atom is -0.339 e. The lowest BCUT2D eigenvalue weighted by Gasteiger charge is -2.09. The van der Waals surface area contributed by atoms with Crippen molar-refractivity contribution in [3.63, 3.8) is 0 Å². The smallest absolute Gasteiger partial charge is 0.254 e. The highest BCUT2D eigenvalue weighted by atomic mass is 35.5. The molecule has 0 spiro atoms. The largest absolute Gasteiger partial charge is 0.339 e. The summed E-state index contributed by atoms with van der Waals surface area (Å²) < 4.78 is 1.69. The van der Waals surface area contributed by atoms with Gasteiger partial charge in [-0.2, -0.15) is 9.50 Å². The summed E-state index contributed by atoms with van der Waals surface area (Å²) >= 11 is 6.24. The van der Waals surface area contributed by atoms with Crippen LogP contribution in [-0.2, 0) is 0 Å². The molecular weight excluding hydrogens is 322 g/mol. The van der Waals surface area contributed by atoms with Gasteiger partial charge in [-0.3, -0.25) is 0 Å². The van der Waals surface area contributed by atoms with E-state index in [9.17, 15) is 0 Å². The van der Waals surface area contributed by atoms with Crippen molar-refractivity contribution in [1.82, 2.24) is 19.6 Å². The van der Waals surface area contributed by atoms with Crippen LogP contribution in [0.25, 0.3) is 17.2 Å². The van der Waals surface area contributed by atoms with E-state index in [2.05, 4.69) is 20.4 Å². The average Bonchev–Trinajstić information content (AvgIpc) is 3.02. The summed E-state index contributed by atoms with van der Waals surface area (Å²) in [6.07, 6.45) is 0. The predicted molar refractivity (Wildman–Crippen MR) is 95.7 cm³/mol. The molecule has 2 heterocycles. The molecule has 118 valence electrons. The molecule has 4 rings (SSSR count). The zero-order valence-electron chi connectivity index (χ0n) is 12.9. The molecule has 0 atom stereocenters. The van der Waals surface area contributed by atoms with Crippen LogP contribution in [0.3, 0.4) is 0 Å². The van der Waals surface area contributed by atoms with Gasteiger partial charge >= 0.3 is 0 Å². The summed E-state index contributed by atoms with van der Waals surface area (Å²) in [6, 6.07) is 19.3. The van der Waals surface area contributed by atoms with Crippen molar-refractivity contribution in [1.29, 1.82) is 0 Å². The lowest BCUT2D eigenvalue weighted by molar-refractivity contribution is 0.940. The van der Waals surface area contributed by atoms with Crippen molar-refractivity contribution in [3.8, 4) is 11.4 Å². The molecule has 0 aliphatic carbocycles. The fourth-order valence-corrected chi connectivity index (χ4v) is 2.67. The fraction of sp³-hybridized carbons (Fsp3) is 0.0556. The Balaban J connectivity index is 1.83. The van der Waals surface area contributed by atoms with Crippen LogP contribution in [-0.4, -0.2) is 19.6 Å². The van der Waals surface area contributed by atoms with Gasteiger partial charge in [-0.15, -0.1) is 5.10 Å². The molecule has 0 amide bonds. The quantitative estimate of drug-likeness (QED) is 0.599. The maximum absolute atomic E-state index is 6.24. The minimum absolute atomic E-state index is 0.545.